The molecule has 0 fully saturated rings. The van der Waals surface area contributed by atoms with Crippen LogP contribution in [0.15, 0.2) is 23.4 Å². The van der Waals surface area contributed by atoms with Crippen molar-refractivity contribution in [3.05, 3.63) is 23.4 Å². The number of hydrogen-bond donors (Lipinski definition) is 1. The Labute approximate surface area is 75.3 Å². The lowest BCUT2D eigenvalue weighted by molar-refractivity contribution is 0.689. The van der Waals surface area contributed by atoms with E-state index in [1.54, 1.807) is 5.57 Å². The summed E-state index contributed by atoms with van der Waals surface area (Å²) in [7, 11) is 0. The van der Waals surface area contributed by atoms with Crippen molar-refractivity contribution in [1.29, 1.82) is 0 Å². The van der Waals surface area contributed by atoms with Crippen molar-refractivity contribution in [3.63, 3.8) is 0 Å². The van der Waals surface area contributed by atoms with Crippen LogP contribution in [0.4, 0.5) is 0 Å². The number of allylic oxidation sites excluding steroid dienone is 4. The summed E-state index contributed by atoms with van der Waals surface area (Å²) < 4.78 is 0. The monoisotopic (exact) mass is 165 g/mol. The zero-order valence-electron chi connectivity index (χ0n) is 7.97. The fourth-order valence-corrected chi connectivity index (χ4v) is 1.51. The van der Waals surface area contributed by atoms with Crippen molar-refractivity contribution >= 4 is 0 Å². The van der Waals surface area contributed by atoms with Crippen molar-refractivity contribution in [2.75, 3.05) is 0 Å². The summed E-state index contributed by atoms with van der Waals surface area (Å²) in [6, 6.07) is 0. The van der Waals surface area contributed by atoms with Crippen LogP contribution in [0.3, 0.4) is 0 Å². The van der Waals surface area contributed by atoms with Gasteiger partial charge in [-0.1, -0.05) is 31.4 Å². The molecule has 0 bridgehead atoms. The second-order valence-electron chi connectivity index (χ2n) is 3.52. The van der Waals surface area contributed by atoms with Gasteiger partial charge in [0, 0.05) is 5.70 Å². The lowest BCUT2D eigenvalue weighted by atomic mass is 9.98. The summed E-state index contributed by atoms with van der Waals surface area (Å²) in [5, 5.41) is 0. The van der Waals surface area contributed by atoms with Crippen molar-refractivity contribution < 1.29 is 0 Å². The molecular formula is C11H19N. The van der Waals surface area contributed by atoms with Crippen LogP contribution >= 0.6 is 0 Å². The molecule has 0 aliphatic heterocycles. The number of hydrogen-bond acceptors (Lipinski definition) is 1. The van der Waals surface area contributed by atoms with Gasteiger partial charge in [-0.15, -0.1) is 0 Å². The molecule has 0 radical (unpaired) electrons. The van der Waals surface area contributed by atoms with Gasteiger partial charge in [0.15, 0.2) is 0 Å². The van der Waals surface area contributed by atoms with Crippen LogP contribution in [-0.4, -0.2) is 0 Å². The second-order valence-corrected chi connectivity index (χ2v) is 3.52. The summed E-state index contributed by atoms with van der Waals surface area (Å²) in [5.41, 5.74) is 8.29. The summed E-state index contributed by atoms with van der Waals surface area (Å²) in [6.45, 7) is 2.24. The maximum atomic E-state index is 5.67. The predicted octanol–water partition coefficient (Wildman–Crippen LogP) is 3.13. The van der Waals surface area contributed by atoms with Crippen molar-refractivity contribution in [2.45, 2.75) is 45.4 Å². The summed E-state index contributed by atoms with van der Waals surface area (Å²) >= 11 is 0. The third-order valence-electron chi connectivity index (χ3n) is 2.37. The highest BCUT2D eigenvalue weighted by atomic mass is 14.6. The molecule has 12 heavy (non-hydrogen) atoms. The smallest absolute Gasteiger partial charge is 0.00836 e. The van der Waals surface area contributed by atoms with Gasteiger partial charge in [0.25, 0.3) is 0 Å². The Bertz CT molecular complexity index is 189. The molecule has 0 spiro atoms. The topological polar surface area (TPSA) is 26.0 Å². The van der Waals surface area contributed by atoms with E-state index < -0.39 is 0 Å². The number of nitrogens with two attached hydrogens (primary N) is 1. The Morgan fingerprint density at radius 2 is 2.08 bits per heavy atom. The Morgan fingerprint density at radius 1 is 1.25 bits per heavy atom. The lowest BCUT2D eigenvalue weighted by Crippen LogP contribution is -2.01. The van der Waals surface area contributed by atoms with Crippen LogP contribution in [0.1, 0.15) is 45.4 Å². The molecular weight excluding hydrogens is 146 g/mol. The van der Waals surface area contributed by atoms with E-state index in [2.05, 4.69) is 19.1 Å². The van der Waals surface area contributed by atoms with E-state index in [9.17, 15) is 0 Å². The third-order valence-corrected chi connectivity index (χ3v) is 2.37. The minimum absolute atomic E-state index is 1.04. The van der Waals surface area contributed by atoms with Crippen LogP contribution in [0, 0.1) is 0 Å². The molecule has 1 heteroatoms. The van der Waals surface area contributed by atoms with Crippen molar-refractivity contribution in [1.82, 2.24) is 0 Å². The van der Waals surface area contributed by atoms with E-state index in [4.69, 9.17) is 5.73 Å². The normalized spacial score (nSPS) is 17.1. The average molecular weight is 165 g/mol. The van der Waals surface area contributed by atoms with Gasteiger partial charge in [-0.05, 0) is 31.8 Å². The van der Waals surface area contributed by atoms with Crippen molar-refractivity contribution in [3.8, 4) is 0 Å². The highest BCUT2D eigenvalue weighted by Crippen LogP contribution is 2.20. The molecule has 1 rings (SSSR count). The van der Waals surface area contributed by atoms with E-state index >= 15 is 0 Å². The molecule has 0 aromatic heterocycles. The predicted molar refractivity (Wildman–Crippen MR) is 53.7 cm³/mol. The Kier molecular flexibility index (Phi) is 3.92. The maximum absolute atomic E-state index is 5.67. The average Bonchev–Trinajstić information content (AvgIpc) is 2.09. The first-order valence-corrected chi connectivity index (χ1v) is 4.97. The van der Waals surface area contributed by atoms with E-state index in [1.807, 2.05) is 0 Å². The Morgan fingerprint density at radius 3 is 2.67 bits per heavy atom. The first-order valence-electron chi connectivity index (χ1n) is 4.97. The van der Waals surface area contributed by atoms with Crippen LogP contribution < -0.4 is 5.73 Å². The quantitative estimate of drug-likeness (QED) is 0.636. The van der Waals surface area contributed by atoms with Crippen LogP contribution in [0.5, 0.6) is 0 Å². The van der Waals surface area contributed by atoms with E-state index in [0.717, 1.165) is 12.1 Å². The number of rotatable bonds is 4. The maximum Gasteiger partial charge on any atom is 0.00836 e. The van der Waals surface area contributed by atoms with Gasteiger partial charge in [-0.25, -0.2) is 0 Å². The number of unbranched alkanes of at least 4 members (excludes halogenated alkanes) is 2. The summed E-state index contributed by atoms with van der Waals surface area (Å²) in [6.07, 6.45) is 11.8. The Balaban J connectivity index is 2.24. The van der Waals surface area contributed by atoms with Crippen LogP contribution in [-0.2, 0) is 0 Å². The molecule has 2 N–H and O–H groups in total. The van der Waals surface area contributed by atoms with Crippen LogP contribution in [0.25, 0.3) is 0 Å². The molecule has 1 aliphatic carbocycles. The van der Waals surface area contributed by atoms with Gasteiger partial charge in [0.1, 0.15) is 0 Å². The van der Waals surface area contributed by atoms with E-state index in [1.165, 1.54) is 32.1 Å². The molecule has 0 atom stereocenters. The van der Waals surface area contributed by atoms with Gasteiger partial charge < -0.3 is 5.73 Å². The molecule has 0 saturated carbocycles. The third kappa shape index (κ3) is 3.12. The van der Waals surface area contributed by atoms with E-state index in [-0.39, 0.29) is 0 Å². The molecule has 1 aliphatic rings. The SMILES string of the molecule is CCCCCC1=CC=C(N)CC1. The standard InChI is InChI=1S/C11H19N/c1-2-3-4-5-10-6-8-11(12)9-7-10/h6,8H,2-5,7,9,12H2,1H3. The highest BCUT2D eigenvalue weighted by molar-refractivity contribution is 5.21. The first-order chi connectivity index (χ1) is 5.83. The van der Waals surface area contributed by atoms with Crippen molar-refractivity contribution in [2.24, 2.45) is 5.73 Å². The summed E-state index contributed by atoms with van der Waals surface area (Å²) in [5.74, 6) is 0. The van der Waals surface area contributed by atoms with Gasteiger partial charge in [-0.3, -0.25) is 0 Å². The van der Waals surface area contributed by atoms with Gasteiger partial charge in [0.05, 0.1) is 0 Å². The molecule has 0 heterocycles. The lowest BCUT2D eigenvalue weighted by Gasteiger charge is -2.11. The van der Waals surface area contributed by atoms with Gasteiger partial charge in [0.2, 0.25) is 0 Å². The molecule has 0 unspecified atom stereocenters. The highest BCUT2D eigenvalue weighted by Gasteiger charge is 2.02. The molecule has 68 valence electrons. The van der Waals surface area contributed by atoms with Crippen LogP contribution in [0.2, 0.25) is 0 Å². The molecule has 0 saturated heterocycles. The van der Waals surface area contributed by atoms with Gasteiger partial charge in [-0.2, -0.15) is 0 Å². The molecule has 0 amide bonds. The summed E-state index contributed by atoms with van der Waals surface area (Å²) in [4.78, 5) is 0. The zero-order valence-corrected chi connectivity index (χ0v) is 7.97. The first kappa shape index (κ1) is 9.37. The molecule has 0 aromatic rings. The minimum atomic E-state index is 1.04. The molecule has 0 aromatic carbocycles. The Hall–Kier alpha value is -0.720. The van der Waals surface area contributed by atoms with E-state index in [0.29, 0.717) is 0 Å². The minimum Gasteiger partial charge on any atom is -0.402 e. The fraction of sp³-hybridized carbons (Fsp3) is 0.636. The largest absolute Gasteiger partial charge is 0.402 e. The van der Waals surface area contributed by atoms with Gasteiger partial charge >= 0.3 is 0 Å². The second kappa shape index (κ2) is 5.02. The zero-order chi connectivity index (χ0) is 8.81. The fourth-order valence-electron chi connectivity index (χ4n) is 1.51. The molecule has 1 nitrogen and oxygen atoms in total.